The Balaban J connectivity index is 2.29. The Kier molecular flexibility index (Phi) is 2.88. The Labute approximate surface area is 93.1 Å². The summed E-state index contributed by atoms with van der Waals surface area (Å²) in [7, 11) is 0. The van der Waals surface area contributed by atoms with Gasteiger partial charge in [-0.25, -0.2) is 0 Å². The third-order valence-electron chi connectivity index (χ3n) is 2.16. The van der Waals surface area contributed by atoms with E-state index < -0.39 is 0 Å². The number of carbonyl (C=O) groups excluding carboxylic acids is 1. The van der Waals surface area contributed by atoms with E-state index in [-0.39, 0.29) is 5.91 Å². The summed E-state index contributed by atoms with van der Waals surface area (Å²) in [4.78, 5) is 11.9. The van der Waals surface area contributed by atoms with Gasteiger partial charge in [0.05, 0.1) is 0 Å². The van der Waals surface area contributed by atoms with E-state index in [2.05, 4.69) is 0 Å². The van der Waals surface area contributed by atoms with Crippen LogP contribution in [0, 0.1) is 0 Å². The van der Waals surface area contributed by atoms with Crippen molar-refractivity contribution in [3.05, 3.63) is 59.9 Å². The molecule has 0 unspecified atom stereocenters. The van der Waals surface area contributed by atoms with Crippen LogP contribution in [0.4, 0.5) is 0 Å². The zero-order chi connectivity index (χ0) is 10.7. The Morgan fingerprint density at radius 3 is 2.53 bits per heavy atom. The third-order valence-corrected chi connectivity index (χ3v) is 2.47. The average molecular weight is 220 g/mol. The smallest absolute Gasteiger partial charge is 0.261 e. The molecule has 0 aliphatic rings. The second kappa shape index (κ2) is 4.32. The Hall–Kier alpha value is -1.54. The molecule has 0 radical (unpaired) electrons. The monoisotopic (exact) mass is 219 g/mol. The van der Waals surface area contributed by atoms with Crippen molar-refractivity contribution in [1.29, 1.82) is 0 Å². The number of hydrogen-bond acceptors (Lipinski definition) is 1. The van der Waals surface area contributed by atoms with Crippen LogP contribution in [0.2, 0.25) is 0 Å². The summed E-state index contributed by atoms with van der Waals surface area (Å²) in [5.74, 6) is 0.390. The van der Waals surface area contributed by atoms with Gasteiger partial charge in [0.2, 0.25) is 0 Å². The molecule has 0 aliphatic carbocycles. The van der Waals surface area contributed by atoms with Crippen LogP contribution < -0.4 is 0 Å². The lowest BCUT2D eigenvalue weighted by Gasteiger charge is -2.00. The van der Waals surface area contributed by atoms with Crippen molar-refractivity contribution in [3.63, 3.8) is 0 Å². The fourth-order valence-electron chi connectivity index (χ4n) is 1.38. The zero-order valence-electron chi connectivity index (χ0n) is 8.06. The molecule has 2 aromatic rings. The minimum Gasteiger partial charge on any atom is -0.290 e. The van der Waals surface area contributed by atoms with Gasteiger partial charge in [0.15, 0.2) is 0 Å². The number of carbonyl (C=O) groups is 1. The highest BCUT2D eigenvalue weighted by atomic mass is 35.5. The minimum atomic E-state index is -0.0352. The van der Waals surface area contributed by atoms with Crippen LogP contribution in [0.3, 0.4) is 0 Å². The van der Waals surface area contributed by atoms with Crippen molar-refractivity contribution in [2.24, 2.45) is 0 Å². The summed E-state index contributed by atoms with van der Waals surface area (Å²) >= 11 is 5.67. The van der Waals surface area contributed by atoms with Crippen molar-refractivity contribution in [2.75, 3.05) is 0 Å². The van der Waals surface area contributed by atoms with Crippen molar-refractivity contribution in [1.82, 2.24) is 4.57 Å². The normalized spacial score (nSPS) is 10.2. The topological polar surface area (TPSA) is 22.0 Å². The van der Waals surface area contributed by atoms with Crippen LogP contribution in [0.1, 0.15) is 15.9 Å². The maximum absolute atomic E-state index is 11.9. The molecule has 0 N–H and O–H groups in total. The molecule has 1 aromatic heterocycles. The Bertz CT molecular complexity index is 461. The first-order chi connectivity index (χ1) is 7.31. The van der Waals surface area contributed by atoms with E-state index in [1.165, 1.54) is 0 Å². The van der Waals surface area contributed by atoms with Gasteiger partial charge in [-0.05, 0) is 23.8 Å². The van der Waals surface area contributed by atoms with E-state index in [1.807, 2.05) is 24.3 Å². The lowest BCUT2D eigenvalue weighted by molar-refractivity contribution is 0.0960. The quantitative estimate of drug-likeness (QED) is 0.712. The van der Waals surface area contributed by atoms with Gasteiger partial charge < -0.3 is 0 Å². The standard InChI is InChI=1S/C12H10ClNO/c13-8-10-6-7-14(9-10)12(15)11-4-2-1-3-5-11/h1-7,9H,8H2. The van der Waals surface area contributed by atoms with Gasteiger partial charge in [-0.3, -0.25) is 9.36 Å². The van der Waals surface area contributed by atoms with Crippen molar-refractivity contribution >= 4 is 17.5 Å². The maximum atomic E-state index is 11.9. The molecule has 15 heavy (non-hydrogen) atoms. The van der Waals surface area contributed by atoms with Crippen LogP contribution in [-0.4, -0.2) is 10.5 Å². The summed E-state index contributed by atoms with van der Waals surface area (Å²) in [6, 6.07) is 11.0. The summed E-state index contributed by atoms with van der Waals surface area (Å²) in [6.07, 6.45) is 3.48. The van der Waals surface area contributed by atoms with Crippen LogP contribution in [0.25, 0.3) is 0 Å². The fourth-order valence-corrected chi connectivity index (χ4v) is 1.53. The highest BCUT2D eigenvalue weighted by molar-refractivity contribution is 6.17. The first-order valence-electron chi connectivity index (χ1n) is 4.64. The van der Waals surface area contributed by atoms with Crippen molar-refractivity contribution in [2.45, 2.75) is 5.88 Å². The molecule has 0 saturated carbocycles. The summed E-state index contributed by atoms with van der Waals surface area (Å²) in [6.45, 7) is 0. The number of rotatable bonds is 2. The van der Waals surface area contributed by atoms with Gasteiger partial charge in [0.25, 0.3) is 5.91 Å². The number of alkyl halides is 1. The number of nitrogens with zero attached hydrogens (tertiary/aromatic N) is 1. The van der Waals surface area contributed by atoms with Crippen LogP contribution in [0.15, 0.2) is 48.8 Å². The van der Waals surface area contributed by atoms with Gasteiger partial charge in [-0.1, -0.05) is 18.2 Å². The molecule has 1 heterocycles. The van der Waals surface area contributed by atoms with Crippen LogP contribution >= 0.6 is 11.6 Å². The van der Waals surface area contributed by atoms with Gasteiger partial charge in [0, 0.05) is 23.8 Å². The van der Waals surface area contributed by atoms with E-state index in [1.54, 1.807) is 29.1 Å². The lowest BCUT2D eigenvalue weighted by Crippen LogP contribution is -2.09. The SMILES string of the molecule is O=C(c1ccccc1)n1ccc(CCl)c1. The molecule has 0 spiro atoms. The molecule has 0 bridgehead atoms. The molecule has 76 valence electrons. The molecule has 2 rings (SSSR count). The van der Waals surface area contributed by atoms with Crippen LogP contribution in [-0.2, 0) is 5.88 Å². The fraction of sp³-hybridized carbons (Fsp3) is 0.0833. The first kappa shape index (κ1) is 9.99. The first-order valence-corrected chi connectivity index (χ1v) is 5.17. The van der Waals surface area contributed by atoms with Gasteiger partial charge in [-0.2, -0.15) is 0 Å². The molecule has 0 amide bonds. The maximum Gasteiger partial charge on any atom is 0.261 e. The molecular formula is C12H10ClNO. The molecule has 0 aliphatic heterocycles. The van der Waals surface area contributed by atoms with Crippen LogP contribution in [0.5, 0.6) is 0 Å². The molecule has 0 fully saturated rings. The summed E-state index contributed by atoms with van der Waals surface area (Å²) < 4.78 is 1.55. The second-order valence-electron chi connectivity index (χ2n) is 3.23. The van der Waals surface area contributed by atoms with Crippen molar-refractivity contribution < 1.29 is 4.79 Å². The number of benzene rings is 1. The van der Waals surface area contributed by atoms with Gasteiger partial charge in [0.1, 0.15) is 0 Å². The molecular weight excluding hydrogens is 210 g/mol. The second-order valence-corrected chi connectivity index (χ2v) is 3.50. The molecule has 3 heteroatoms. The zero-order valence-corrected chi connectivity index (χ0v) is 8.82. The molecule has 2 nitrogen and oxygen atoms in total. The molecule has 0 saturated heterocycles. The predicted octanol–water partition coefficient (Wildman–Crippen LogP) is 2.92. The lowest BCUT2D eigenvalue weighted by atomic mass is 10.2. The van der Waals surface area contributed by atoms with Gasteiger partial charge in [-0.15, -0.1) is 11.6 Å². The number of halogens is 1. The van der Waals surface area contributed by atoms with E-state index in [0.717, 1.165) is 5.56 Å². The largest absolute Gasteiger partial charge is 0.290 e. The van der Waals surface area contributed by atoms with E-state index >= 15 is 0 Å². The van der Waals surface area contributed by atoms with Crippen molar-refractivity contribution in [3.8, 4) is 0 Å². The van der Waals surface area contributed by atoms with E-state index in [9.17, 15) is 4.79 Å². The minimum absolute atomic E-state index is 0.0352. The van der Waals surface area contributed by atoms with E-state index in [0.29, 0.717) is 11.4 Å². The Morgan fingerprint density at radius 1 is 1.20 bits per heavy atom. The average Bonchev–Trinajstić information content (AvgIpc) is 2.78. The summed E-state index contributed by atoms with van der Waals surface area (Å²) in [5.41, 5.74) is 1.62. The molecule has 0 atom stereocenters. The van der Waals surface area contributed by atoms with E-state index in [4.69, 9.17) is 11.6 Å². The highest BCUT2D eigenvalue weighted by Gasteiger charge is 2.07. The molecule has 1 aromatic carbocycles. The highest BCUT2D eigenvalue weighted by Crippen LogP contribution is 2.08. The third kappa shape index (κ3) is 2.10. The number of hydrogen-bond donors (Lipinski definition) is 0. The Morgan fingerprint density at radius 2 is 1.93 bits per heavy atom. The number of aromatic nitrogens is 1. The van der Waals surface area contributed by atoms with Gasteiger partial charge >= 0.3 is 0 Å². The summed E-state index contributed by atoms with van der Waals surface area (Å²) in [5, 5.41) is 0. The predicted molar refractivity (Wildman–Crippen MR) is 60.2 cm³/mol.